The predicted octanol–water partition coefficient (Wildman–Crippen LogP) is 2.73. The Hall–Kier alpha value is -0.700. The van der Waals surface area contributed by atoms with E-state index >= 15 is 0 Å². The summed E-state index contributed by atoms with van der Waals surface area (Å²) in [6.45, 7) is 6.54. The van der Waals surface area contributed by atoms with Gasteiger partial charge in [0.25, 0.3) is 0 Å². The maximum absolute atomic E-state index is 4.99. The van der Waals surface area contributed by atoms with Crippen molar-refractivity contribution in [2.24, 2.45) is 5.41 Å². The Kier molecular flexibility index (Phi) is 2.62. The molecule has 0 spiro atoms. The summed E-state index contributed by atoms with van der Waals surface area (Å²) in [6.07, 6.45) is 2.68. The summed E-state index contributed by atoms with van der Waals surface area (Å²) >= 11 is 4.99. The molecule has 3 heteroatoms. The fourth-order valence-electron chi connectivity index (χ4n) is 1.00. The highest BCUT2D eigenvalue weighted by atomic mass is 32.1. The summed E-state index contributed by atoms with van der Waals surface area (Å²) in [4.78, 5) is 7.27. The van der Waals surface area contributed by atoms with Crippen LogP contribution in [0.4, 0.5) is 0 Å². The number of rotatable bonds is 1. The number of aromatic nitrogens is 2. The van der Waals surface area contributed by atoms with Gasteiger partial charge in [0, 0.05) is 12.6 Å². The first-order valence-electron chi connectivity index (χ1n) is 4.02. The molecule has 0 aliphatic heterocycles. The van der Waals surface area contributed by atoms with E-state index in [0.29, 0.717) is 0 Å². The van der Waals surface area contributed by atoms with Gasteiger partial charge in [-0.05, 0) is 11.5 Å². The van der Waals surface area contributed by atoms with Crippen molar-refractivity contribution in [2.75, 3.05) is 0 Å². The zero-order valence-electron chi connectivity index (χ0n) is 7.72. The third-order valence-corrected chi connectivity index (χ3v) is 1.66. The molecule has 1 rings (SSSR count). The van der Waals surface area contributed by atoms with Crippen molar-refractivity contribution in [3.05, 3.63) is 22.7 Å². The molecule has 12 heavy (non-hydrogen) atoms. The number of aromatic amines is 1. The third kappa shape index (κ3) is 3.13. The highest BCUT2D eigenvalue weighted by Crippen LogP contribution is 2.17. The van der Waals surface area contributed by atoms with Crippen LogP contribution in [-0.4, -0.2) is 9.97 Å². The second-order valence-electron chi connectivity index (χ2n) is 4.12. The lowest BCUT2D eigenvalue weighted by atomic mass is 9.92. The van der Waals surface area contributed by atoms with E-state index in [1.807, 2.05) is 0 Å². The Balaban J connectivity index is 2.84. The molecule has 0 aliphatic rings. The van der Waals surface area contributed by atoms with Crippen molar-refractivity contribution in [3.8, 4) is 0 Å². The molecule has 1 heterocycles. The minimum absolute atomic E-state index is 0.257. The van der Waals surface area contributed by atoms with E-state index in [1.54, 1.807) is 12.3 Å². The topological polar surface area (TPSA) is 28.7 Å². The number of hydrogen-bond donors (Lipinski definition) is 1. The summed E-state index contributed by atoms with van der Waals surface area (Å²) in [5, 5.41) is 0. The molecule has 0 saturated carbocycles. The van der Waals surface area contributed by atoms with E-state index in [1.165, 1.54) is 0 Å². The summed E-state index contributed by atoms with van der Waals surface area (Å²) in [5.41, 5.74) is 0.257. The van der Waals surface area contributed by atoms with Gasteiger partial charge in [-0.3, -0.25) is 0 Å². The minimum Gasteiger partial charge on any atom is -0.335 e. The van der Waals surface area contributed by atoms with Gasteiger partial charge in [0.1, 0.15) is 10.5 Å². The Morgan fingerprint density at radius 3 is 2.67 bits per heavy atom. The van der Waals surface area contributed by atoms with Crippen LogP contribution in [0, 0.1) is 10.1 Å². The van der Waals surface area contributed by atoms with E-state index in [0.717, 1.165) is 16.9 Å². The molecule has 66 valence electrons. The van der Waals surface area contributed by atoms with Gasteiger partial charge < -0.3 is 4.98 Å². The molecule has 0 unspecified atom stereocenters. The van der Waals surface area contributed by atoms with E-state index < -0.39 is 0 Å². The fraction of sp³-hybridized carbons (Fsp3) is 0.556. The average molecular weight is 182 g/mol. The molecular weight excluding hydrogens is 168 g/mol. The van der Waals surface area contributed by atoms with E-state index in [2.05, 4.69) is 30.7 Å². The quantitative estimate of drug-likeness (QED) is 0.676. The maximum atomic E-state index is 4.99. The Labute approximate surface area is 78.1 Å². The van der Waals surface area contributed by atoms with Crippen molar-refractivity contribution in [1.82, 2.24) is 9.97 Å². The molecule has 0 radical (unpaired) electrons. The van der Waals surface area contributed by atoms with Gasteiger partial charge in [-0.25, -0.2) is 4.98 Å². The summed E-state index contributed by atoms with van der Waals surface area (Å²) in [7, 11) is 0. The summed E-state index contributed by atoms with van der Waals surface area (Å²) in [5.74, 6) is 0.968. The molecule has 2 nitrogen and oxygen atoms in total. The van der Waals surface area contributed by atoms with Crippen molar-refractivity contribution in [1.29, 1.82) is 0 Å². The summed E-state index contributed by atoms with van der Waals surface area (Å²) < 4.78 is 0.754. The Bertz CT molecular complexity index is 309. The van der Waals surface area contributed by atoms with Crippen molar-refractivity contribution < 1.29 is 0 Å². The van der Waals surface area contributed by atoms with Crippen LogP contribution in [0.2, 0.25) is 0 Å². The normalized spacial score (nSPS) is 11.6. The van der Waals surface area contributed by atoms with Gasteiger partial charge in [-0.15, -0.1) is 0 Å². The molecular formula is C9H14N2S. The highest BCUT2D eigenvalue weighted by Gasteiger charge is 2.11. The molecule has 0 amide bonds. The standard InChI is InChI=1S/C9H14N2S/c1-9(2,3)6-7-10-5-4-8(12)11-7/h4-5H,6H2,1-3H3,(H,10,11,12). The molecule has 0 aromatic carbocycles. The van der Waals surface area contributed by atoms with Gasteiger partial charge in [-0.1, -0.05) is 33.0 Å². The average Bonchev–Trinajstić information content (AvgIpc) is 1.82. The molecule has 1 aromatic heterocycles. The van der Waals surface area contributed by atoms with Crippen LogP contribution in [0.1, 0.15) is 26.6 Å². The summed E-state index contributed by atoms with van der Waals surface area (Å²) in [6, 6.07) is 1.79. The van der Waals surface area contributed by atoms with Crippen LogP contribution in [0.3, 0.4) is 0 Å². The zero-order valence-corrected chi connectivity index (χ0v) is 8.53. The van der Waals surface area contributed by atoms with E-state index in [4.69, 9.17) is 12.2 Å². The third-order valence-electron chi connectivity index (χ3n) is 1.42. The predicted molar refractivity (Wildman–Crippen MR) is 52.6 cm³/mol. The largest absolute Gasteiger partial charge is 0.335 e. The molecule has 0 aliphatic carbocycles. The van der Waals surface area contributed by atoms with Crippen molar-refractivity contribution in [3.63, 3.8) is 0 Å². The second kappa shape index (κ2) is 3.35. The molecule has 0 fully saturated rings. The van der Waals surface area contributed by atoms with Crippen LogP contribution in [0.25, 0.3) is 0 Å². The zero-order chi connectivity index (χ0) is 9.19. The van der Waals surface area contributed by atoms with Crippen LogP contribution in [0.5, 0.6) is 0 Å². The van der Waals surface area contributed by atoms with E-state index in [-0.39, 0.29) is 5.41 Å². The second-order valence-corrected chi connectivity index (χ2v) is 4.56. The minimum atomic E-state index is 0.257. The fourth-order valence-corrected chi connectivity index (χ4v) is 1.18. The Morgan fingerprint density at radius 2 is 2.17 bits per heavy atom. The van der Waals surface area contributed by atoms with Crippen LogP contribution in [-0.2, 0) is 6.42 Å². The number of nitrogens with zero attached hydrogens (tertiary/aromatic N) is 1. The smallest absolute Gasteiger partial charge is 0.107 e. The first kappa shape index (κ1) is 9.39. The molecule has 0 saturated heterocycles. The maximum Gasteiger partial charge on any atom is 0.107 e. The van der Waals surface area contributed by atoms with Crippen LogP contribution in [0.15, 0.2) is 12.3 Å². The molecule has 0 atom stereocenters. The first-order valence-corrected chi connectivity index (χ1v) is 4.42. The van der Waals surface area contributed by atoms with Gasteiger partial charge in [-0.2, -0.15) is 0 Å². The van der Waals surface area contributed by atoms with Crippen molar-refractivity contribution in [2.45, 2.75) is 27.2 Å². The lowest BCUT2D eigenvalue weighted by molar-refractivity contribution is 0.400. The van der Waals surface area contributed by atoms with Crippen molar-refractivity contribution >= 4 is 12.2 Å². The molecule has 1 N–H and O–H groups in total. The Morgan fingerprint density at radius 1 is 1.50 bits per heavy atom. The van der Waals surface area contributed by atoms with Crippen LogP contribution >= 0.6 is 12.2 Å². The molecule has 1 aromatic rings. The highest BCUT2D eigenvalue weighted by molar-refractivity contribution is 7.71. The van der Waals surface area contributed by atoms with Gasteiger partial charge in [0.05, 0.1) is 0 Å². The van der Waals surface area contributed by atoms with Gasteiger partial charge in [0.2, 0.25) is 0 Å². The van der Waals surface area contributed by atoms with Gasteiger partial charge >= 0.3 is 0 Å². The molecule has 0 bridgehead atoms. The van der Waals surface area contributed by atoms with E-state index in [9.17, 15) is 0 Å². The number of nitrogens with one attached hydrogen (secondary N) is 1. The number of H-pyrrole nitrogens is 1. The lowest BCUT2D eigenvalue weighted by Gasteiger charge is -2.16. The van der Waals surface area contributed by atoms with Gasteiger partial charge in [0.15, 0.2) is 0 Å². The first-order chi connectivity index (χ1) is 5.47. The number of hydrogen-bond acceptors (Lipinski definition) is 2. The lowest BCUT2D eigenvalue weighted by Crippen LogP contribution is -2.11. The monoisotopic (exact) mass is 182 g/mol. The SMILES string of the molecule is CC(C)(C)Cc1nccc(=S)[nH]1. The van der Waals surface area contributed by atoms with Crippen LogP contribution < -0.4 is 0 Å².